The molecule has 6 heteroatoms. The Morgan fingerprint density at radius 2 is 1.74 bits per heavy atom. The smallest absolute Gasteiger partial charge is 0.413 e. The lowest BCUT2D eigenvalue weighted by Gasteiger charge is -2.19. The lowest BCUT2D eigenvalue weighted by atomic mass is 10.1. The first-order chi connectivity index (χ1) is 10.8. The number of aryl methyl sites for hydroxylation is 1. The number of ether oxygens (including phenoxy) is 1. The molecular formula is C17H22N4O2. The van der Waals surface area contributed by atoms with Gasteiger partial charge < -0.3 is 10.1 Å². The molecule has 0 aliphatic carbocycles. The third-order valence-electron chi connectivity index (χ3n) is 3.01. The van der Waals surface area contributed by atoms with Crippen LogP contribution < -0.4 is 10.6 Å². The SMILES string of the molecule is Cc1ccccc1CNc1ccc(NC(=O)OC(C)(C)C)nn1. The van der Waals surface area contributed by atoms with Gasteiger partial charge in [0.05, 0.1) is 0 Å². The number of carbonyl (C=O) groups excluding carboxylic acids is 1. The number of anilines is 2. The highest BCUT2D eigenvalue weighted by molar-refractivity contribution is 5.83. The number of benzene rings is 1. The topological polar surface area (TPSA) is 76.1 Å². The number of hydrogen-bond donors (Lipinski definition) is 2. The van der Waals surface area contributed by atoms with Crippen molar-refractivity contribution in [3.63, 3.8) is 0 Å². The first kappa shape index (κ1) is 16.7. The van der Waals surface area contributed by atoms with E-state index in [1.165, 1.54) is 11.1 Å². The van der Waals surface area contributed by atoms with Gasteiger partial charge >= 0.3 is 6.09 Å². The largest absolute Gasteiger partial charge is 0.444 e. The fraction of sp³-hybridized carbons (Fsp3) is 0.353. The van der Waals surface area contributed by atoms with Crippen molar-refractivity contribution in [3.8, 4) is 0 Å². The van der Waals surface area contributed by atoms with Gasteiger partial charge in [-0.05, 0) is 51.0 Å². The van der Waals surface area contributed by atoms with Crippen LogP contribution in [0.5, 0.6) is 0 Å². The monoisotopic (exact) mass is 314 g/mol. The Kier molecular flexibility index (Phi) is 5.16. The maximum atomic E-state index is 11.6. The fourth-order valence-electron chi connectivity index (χ4n) is 1.90. The summed E-state index contributed by atoms with van der Waals surface area (Å²) in [5.74, 6) is 0.990. The molecule has 6 nitrogen and oxygen atoms in total. The summed E-state index contributed by atoms with van der Waals surface area (Å²) in [6, 6.07) is 11.6. The van der Waals surface area contributed by atoms with E-state index in [0.717, 1.165) is 0 Å². The van der Waals surface area contributed by atoms with E-state index in [4.69, 9.17) is 4.74 Å². The van der Waals surface area contributed by atoms with Crippen LogP contribution in [-0.4, -0.2) is 21.9 Å². The summed E-state index contributed by atoms with van der Waals surface area (Å²) >= 11 is 0. The number of carbonyl (C=O) groups is 1. The molecule has 0 unspecified atom stereocenters. The van der Waals surface area contributed by atoms with Crippen molar-refractivity contribution < 1.29 is 9.53 Å². The molecule has 0 spiro atoms. The molecule has 1 aromatic carbocycles. The minimum atomic E-state index is -0.549. The number of aromatic nitrogens is 2. The average molecular weight is 314 g/mol. The first-order valence-electron chi connectivity index (χ1n) is 7.45. The summed E-state index contributed by atoms with van der Waals surface area (Å²) in [5, 5.41) is 13.7. The molecule has 1 amide bonds. The van der Waals surface area contributed by atoms with E-state index in [1.807, 2.05) is 12.1 Å². The van der Waals surface area contributed by atoms with Crippen LogP contribution in [0.4, 0.5) is 16.4 Å². The van der Waals surface area contributed by atoms with Crippen LogP contribution in [0, 0.1) is 6.92 Å². The molecule has 0 saturated heterocycles. The second-order valence-electron chi connectivity index (χ2n) is 6.21. The van der Waals surface area contributed by atoms with E-state index in [2.05, 4.69) is 39.9 Å². The van der Waals surface area contributed by atoms with Crippen LogP contribution in [0.2, 0.25) is 0 Å². The zero-order valence-corrected chi connectivity index (χ0v) is 13.9. The predicted octanol–water partition coefficient (Wildman–Crippen LogP) is 3.74. The standard InChI is InChI=1S/C17H22N4O2/c1-12-7-5-6-8-13(12)11-18-14-9-10-15(21-20-14)19-16(22)23-17(2,3)4/h5-10H,11H2,1-4H3,(H,18,20)(H,19,21,22). The van der Waals surface area contributed by atoms with E-state index in [0.29, 0.717) is 18.2 Å². The van der Waals surface area contributed by atoms with Gasteiger partial charge in [0.2, 0.25) is 0 Å². The van der Waals surface area contributed by atoms with Gasteiger partial charge in [-0.3, -0.25) is 5.32 Å². The van der Waals surface area contributed by atoms with Crippen LogP contribution in [0.3, 0.4) is 0 Å². The van der Waals surface area contributed by atoms with Gasteiger partial charge in [0.15, 0.2) is 5.82 Å². The molecule has 0 aliphatic heterocycles. The molecule has 1 heterocycles. The van der Waals surface area contributed by atoms with E-state index in [-0.39, 0.29) is 0 Å². The van der Waals surface area contributed by atoms with E-state index in [1.54, 1.807) is 32.9 Å². The van der Waals surface area contributed by atoms with Gasteiger partial charge in [0.1, 0.15) is 11.4 Å². The summed E-state index contributed by atoms with van der Waals surface area (Å²) in [7, 11) is 0. The van der Waals surface area contributed by atoms with Crippen molar-refractivity contribution in [1.29, 1.82) is 0 Å². The molecule has 122 valence electrons. The Hall–Kier alpha value is -2.63. The molecule has 0 atom stereocenters. The quantitative estimate of drug-likeness (QED) is 0.899. The number of hydrogen-bond acceptors (Lipinski definition) is 5. The Bertz CT molecular complexity index is 663. The van der Waals surface area contributed by atoms with Crippen molar-refractivity contribution in [2.45, 2.75) is 39.8 Å². The zero-order valence-electron chi connectivity index (χ0n) is 13.9. The molecule has 0 radical (unpaired) electrons. The molecule has 0 saturated carbocycles. The van der Waals surface area contributed by atoms with Crippen LogP contribution in [0.25, 0.3) is 0 Å². The summed E-state index contributed by atoms with van der Waals surface area (Å²) in [4.78, 5) is 11.6. The van der Waals surface area contributed by atoms with E-state index in [9.17, 15) is 4.79 Å². The van der Waals surface area contributed by atoms with Crippen molar-refractivity contribution in [2.24, 2.45) is 0 Å². The highest BCUT2D eigenvalue weighted by Gasteiger charge is 2.16. The van der Waals surface area contributed by atoms with Gasteiger partial charge in [-0.25, -0.2) is 4.79 Å². The molecular weight excluding hydrogens is 292 g/mol. The van der Waals surface area contributed by atoms with Crippen molar-refractivity contribution in [3.05, 3.63) is 47.5 Å². The minimum Gasteiger partial charge on any atom is -0.444 e. The molecule has 0 fully saturated rings. The lowest BCUT2D eigenvalue weighted by Crippen LogP contribution is -2.27. The second kappa shape index (κ2) is 7.09. The third-order valence-corrected chi connectivity index (χ3v) is 3.01. The summed E-state index contributed by atoms with van der Waals surface area (Å²) in [6.45, 7) is 8.14. The average Bonchev–Trinajstić information content (AvgIpc) is 2.46. The summed E-state index contributed by atoms with van der Waals surface area (Å²) in [5.41, 5.74) is 1.87. The molecule has 0 aliphatic rings. The van der Waals surface area contributed by atoms with Gasteiger partial charge in [0, 0.05) is 6.54 Å². The van der Waals surface area contributed by atoms with Gasteiger partial charge in [-0.2, -0.15) is 0 Å². The highest BCUT2D eigenvalue weighted by atomic mass is 16.6. The van der Waals surface area contributed by atoms with E-state index >= 15 is 0 Å². The van der Waals surface area contributed by atoms with Crippen LogP contribution in [0.1, 0.15) is 31.9 Å². The molecule has 23 heavy (non-hydrogen) atoms. The molecule has 2 N–H and O–H groups in total. The van der Waals surface area contributed by atoms with E-state index < -0.39 is 11.7 Å². The van der Waals surface area contributed by atoms with Crippen LogP contribution in [0.15, 0.2) is 36.4 Å². The number of amides is 1. The number of nitrogens with one attached hydrogen (secondary N) is 2. The Morgan fingerprint density at radius 1 is 1.09 bits per heavy atom. The fourth-order valence-corrected chi connectivity index (χ4v) is 1.90. The third kappa shape index (κ3) is 5.58. The summed E-state index contributed by atoms with van der Waals surface area (Å²) in [6.07, 6.45) is -0.549. The first-order valence-corrected chi connectivity index (χ1v) is 7.45. The molecule has 2 rings (SSSR count). The molecule has 0 bridgehead atoms. The Morgan fingerprint density at radius 3 is 2.35 bits per heavy atom. The number of nitrogens with zero attached hydrogens (tertiary/aromatic N) is 2. The van der Waals surface area contributed by atoms with Crippen molar-refractivity contribution in [1.82, 2.24) is 10.2 Å². The molecule has 1 aromatic heterocycles. The van der Waals surface area contributed by atoms with Crippen molar-refractivity contribution >= 4 is 17.7 Å². The number of rotatable bonds is 4. The normalized spacial score (nSPS) is 11.0. The lowest BCUT2D eigenvalue weighted by molar-refractivity contribution is 0.0635. The highest BCUT2D eigenvalue weighted by Crippen LogP contribution is 2.12. The van der Waals surface area contributed by atoms with Gasteiger partial charge in [-0.15, -0.1) is 10.2 Å². The maximum absolute atomic E-state index is 11.6. The van der Waals surface area contributed by atoms with Gasteiger partial charge in [0.25, 0.3) is 0 Å². The second-order valence-corrected chi connectivity index (χ2v) is 6.21. The van der Waals surface area contributed by atoms with Crippen molar-refractivity contribution in [2.75, 3.05) is 10.6 Å². The Balaban J connectivity index is 1.90. The minimum absolute atomic E-state index is 0.348. The summed E-state index contributed by atoms with van der Waals surface area (Å²) < 4.78 is 5.16. The maximum Gasteiger partial charge on any atom is 0.413 e. The van der Waals surface area contributed by atoms with Gasteiger partial charge in [-0.1, -0.05) is 24.3 Å². The molecule has 2 aromatic rings. The van der Waals surface area contributed by atoms with Crippen LogP contribution >= 0.6 is 0 Å². The Labute approximate surface area is 136 Å². The zero-order chi connectivity index (χ0) is 16.9. The predicted molar refractivity (Wildman–Crippen MR) is 90.4 cm³/mol. The van der Waals surface area contributed by atoms with Crippen LogP contribution in [-0.2, 0) is 11.3 Å².